The Balaban J connectivity index is 3.03. The lowest BCUT2D eigenvalue weighted by Crippen LogP contribution is -2.09. The van der Waals surface area contributed by atoms with Gasteiger partial charge >= 0.3 is 5.97 Å². The summed E-state index contributed by atoms with van der Waals surface area (Å²) in [7, 11) is 0. The molecule has 0 spiro atoms. The predicted molar refractivity (Wildman–Crippen MR) is 81.0 cm³/mol. The number of rotatable bonds is 5. The maximum Gasteiger partial charge on any atom is 0.311 e. The van der Waals surface area contributed by atoms with Crippen LogP contribution in [0.25, 0.3) is 0 Å². The van der Waals surface area contributed by atoms with Crippen LogP contribution in [0.15, 0.2) is 0 Å². The summed E-state index contributed by atoms with van der Waals surface area (Å²) in [4.78, 5) is 11.7. The molecule has 0 amide bonds. The van der Waals surface area contributed by atoms with Gasteiger partial charge in [0, 0.05) is 6.42 Å². The number of nitriles is 1. The number of carbonyl (C=O) groups excluding carboxylic acids is 1. The fraction of sp³-hybridized carbons (Fsp3) is 0.385. The van der Waals surface area contributed by atoms with Crippen LogP contribution < -0.4 is 4.74 Å². The topological polar surface area (TPSA) is 50.1 Å². The number of hydrogen-bond acceptors (Lipinski definition) is 3. The standard InChI is InChI=1S/C13H11Cl4NO2/c1-2-3-4-5-8(19)20-13-11(16)9(14)7(6-18)10(15)12(13)17/h2-5H2,1H3. The lowest BCUT2D eigenvalue weighted by molar-refractivity contribution is -0.134. The van der Waals surface area contributed by atoms with Crippen LogP contribution in [-0.2, 0) is 4.79 Å². The second-order valence-corrected chi connectivity index (χ2v) is 5.51. The summed E-state index contributed by atoms with van der Waals surface area (Å²) in [6.45, 7) is 2.03. The van der Waals surface area contributed by atoms with Crippen LogP contribution in [-0.4, -0.2) is 5.97 Å². The smallest absolute Gasteiger partial charge is 0.311 e. The molecule has 108 valence electrons. The molecule has 0 fully saturated rings. The van der Waals surface area contributed by atoms with Gasteiger partial charge in [-0.1, -0.05) is 66.2 Å². The first-order chi connectivity index (χ1) is 9.43. The molecule has 0 unspecified atom stereocenters. The molecule has 1 rings (SSSR count). The van der Waals surface area contributed by atoms with E-state index in [1.165, 1.54) is 0 Å². The van der Waals surface area contributed by atoms with E-state index in [9.17, 15) is 4.79 Å². The molecule has 0 heterocycles. The van der Waals surface area contributed by atoms with Gasteiger partial charge in [-0.3, -0.25) is 4.79 Å². The Kier molecular flexibility index (Phi) is 6.91. The van der Waals surface area contributed by atoms with Crippen molar-refractivity contribution < 1.29 is 9.53 Å². The van der Waals surface area contributed by atoms with Gasteiger partial charge < -0.3 is 4.74 Å². The van der Waals surface area contributed by atoms with E-state index < -0.39 is 5.97 Å². The number of unbranched alkanes of at least 4 members (excludes halogenated alkanes) is 2. The highest BCUT2D eigenvalue weighted by molar-refractivity contribution is 6.50. The fourth-order valence-electron chi connectivity index (χ4n) is 1.48. The number of nitrogens with zero attached hydrogens (tertiary/aromatic N) is 1. The maximum atomic E-state index is 11.7. The zero-order valence-corrected chi connectivity index (χ0v) is 13.6. The average Bonchev–Trinajstić information content (AvgIpc) is 2.42. The van der Waals surface area contributed by atoms with Crippen LogP contribution in [0.5, 0.6) is 5.75 Å². The van der Waals surface area contributed by atoms with Crippen molar-refractivity contribution in [3.8, 4) is 11.8 Å². The van der Waals surface area contributed by atoms with E-state index in [-0.39, 0.29) is 37.8 Å². The molecule has 0 aliphatic carbocycles. The normalized spacial score (nSPS) is 10.2. The number of hydrogen-bond donors (Lipinski definition) is 0. The Labute approximate surface area is 137 Å². The number of carbonyl (C=O) groups is 1. The van der Waals surface area contributed by atoms with Crippen molar-refractivity contribution in [1.82, 2.24) is 0 Å². The van der Waals surface area contributed by atoms with Crippen molar-refractivity contribution in [2.75, 3.05) is 0 Å². The van der Waals surface area contributed by atoms with Crippen molar-refractivity contribution >= 4 is 52.4 Å². The highest BCUT2D eigenvalue weighted by atomic mass is 35.5. The van der Waals surface area contributed by atoms with Gasteiger partial charge in [0.25, 0.3) is 0 Å². The molecule has 20 heavy (non-hydrogen) atoms. The van der Waals surface area contributed by atoms with Crippen molar-refractivity contribution in [3.05, 3.63) is 25.7 Å². The third-order valence-electron chi connectivity index (χ3n) is 2.54. The average molecular weight is 355 g/mol. The fourth-order valence-corrected chi connectivity index (χ4v) is 2.48. The molecular weight excluding hydrogens is 344 g/mol. The summed E-state index contributed by atoms with van der Waals surface area (Å²) in [6.07, 6.45) is 2.87. The highest BCUT2D eigenvalue weighted by Crippen LogP contribution is 2.45. The SMILES string of the molecule is CCCCCC(=O)Oc1c(Cl)c(Cl)c(C#N)c(Cl)c1Cl. The van der Waals surface area contributed by atoms with Gasteiger partial charge in [-0.25, -0.2) is 0 Å². The van der Waals surface area contributed by atoms with Crippen LogP contribution in [0.4, 0.5) is 0 Å². The van der Waals surface area contributed by atoms with Crippen LogP contribution in [0.1, 0.15) is 38.2 Å². The highest BCUT2D eigenvalue weighted by Gasteiger charge is 2.23. The Morgan fingerprint density at radius 2 is 1.65 bits per heavy atom. The third kappa shape index (κ3) is 3.93. The monoisotopic (exact) mass is 353 g/mol. The quantitative estimate of drug-likeness (QED) is 0.297. The zero-order chi connectivity index (χ0) is 15.3. The van der Waals surface area contributed by atoms with Gasteiger partial charge in [0.15, 0.2) is 5.75 Å². The number of benzene rings is 1. The second-order valence-electron chi connectivity index (χ2n) is 4.00. The molecule has 0 bridgehead atoms. The minimum absolute atomic E-state index is 0.0471. The van der Waals surface area contributed by atoms with Gasteiger partial charge in [0.2, 0.25) is 0 Å². The second kappa shape index (κ2) is 7.95. The summed E-state index contributed by atoms with van der Waals surface area (Å²) in [5.41, 5.74) is -0.0471. The minimum atomic E-state index is -0.473. The summed E-state index contributed by atoms with van der Waals surface area (Å²) in [6, 6.07) is 1.79. The van der Waals surface area contributed by atoms with Gasteiger partial charge in [-0.2, -0.15) is 5.26 Å². The van der Waals surface area contributed by atoms with Crippen LogP contribution in [0, 0.1) is 11.3 Å². The first-order valence-corrected chi connectivity index (χ1v) is 7.41. The summed E-state index contributed by atoms with van der Waals surface area (Å²) < 4.78 is 5.10. The van der Waals surface area contributed by atoms with Crippen molar-refractivity contribution in [3.63, 3.8) is 0 Å². The van der Waals surface area contributed by atoms with Gasteiger partial charge in [0.1, 0.15) is 16.1 Å². The molecule has 0 aliphatic rings. The third-order valence-corrected chi connectivity index (χ3v) is 4.21. The molecule has 7 heteroatoms. The molecule has 1 aromatic rings. The first-order valence-electron chi connectivity index (χ1n) is 5.90. The van der Waals surface area contributed by atoms with E-state index in [0.717, 1.165) is 12.8 Å². The largest absolute Gasteiger partial charge is 0.423 e. The Morgan fingerprint density at radius 3 is 2.10 bits per heavy atom. The molecule has 1 aromatic carbocycles. The molecule has 3 nitrogen and oxygen atoms in total. The van der Waals surface area contributed by atoms with Crippen molar-refractivity contribution in [1.29, 1.82) is 5.26 Å². The lowest BCUT2D eigenvalue weighted by Gasteiger charge is -2.12. The van der Waals surface area contributed by atoms with Gasteiger partial charge in [0.05, 0.1) is 15.6 Å². The van der Waals surface area contributed by atoms with E-state index in [0.29, 0.717) is 6.42 Å². The maximum absolute atomic E-state index is 11.7. The molecule has 0 aromatic heterocycles. The molecule has 0 saturated heterocycles. The molecule has 0 N–H and O–H groups in total. The molecule has 0 atom stereocenters. The zero-order valence-electron chi connectivity index (χ0n) is 10.6. The van der Waals surface area contributed by atoms with E-state index in [4.69, 9.17) is 56.4 Å². The van der Waals surface area contributed by atoms with Crippen molar-refractivity contribution in [2.45, 2.75) is 32.6 Å². The minimum Gasteiger partial charge on any atom is -0.423 e. The van der Waals surface area contributed by atoms with Gasteiger partial charge in [-0.15, -0.1) is 0 Å². The van der Waals surface area contributed by atoms with Crippen molar-refractivity contribution in [2.24, 2.45) is 0 Å². The molecule has 0 aliphatic heterocycles. The Bertz CT molecular complexity index is 537. The summed E-state index contributed by atoms with van der Waals surface area (Å²) >= 11 is 23.7. The Hall–Kier alpha value is -0.660. The van der Waals surface area contributed by atoms with E-state index >= 15 is 0 Å². The lowest BCUT2D eigenvalue weighted by atomic mass is 10.2. The Morgan fingerprint density at radius 1 is 1.10 bits per heavy atom. The summed E-state index contributed by atoms with van der Waals surface area (Å²) in [5.74, 6) is -0.581. The number of ether oxygens (including phenoxy) is 1. The predicted octanol–water partition coefficient (Wildman–Crippen LogP) is 5.66. The molecule has 0 radical (unpaired) electrons. The number of halogens is 4. The summed E-state index contributed by atoms with van der Waals surface area (Å²) in [5, 5.41) is 8.56. The van der Waals surface area contributed by atoms with E-state index in [1.807, 2.05) is 6.92 Å². The van der Waals surface area contributed by atoms with E-state index in [2.05, 4.69) is 0 Å². The molecular formula is C13H11Cl4NO2. The van der Waals surface area contributed by atoms with E-state index in [1.54, 1.807) is 6.07 Å². The van der Waals surface area contributed by atoms with Crippen LogP contribution in [0.3, 0.4) is 0 Å². The number of esters is 1. The van der Waals surface area contributed by atoms with Crippen LogP contribution in [0.2, 0.25) is 20.1 Å². The van der Waals surface area contributed by atoms with Crippen LogP contribution >= 0.6 is 46.4 Å². The molecule has 0 saturated carbocycles. The van der Waals surface area contributed by atoms with Gasteiger partial charge in [-0.05, 0) is 6.42 Å². The first kappa shape index (κ1) is 17.4.